The van der Waals surface area contributed by atoms with Crippen LogP contribution in [0.4, 0.5) is 11.4 Å². The summed E-state index contributed by atoms with van der Waals surface area (Å²) in [5, 5.41) is 4.55. The van der Waals surface area contributed by atoms with Gasteiger partial charge in [0, 0.05) is 41.2 Å². The molecule has 0 spiro atoms. The summed E-state index contributed by atoms with van der Waals surface area (Å²) >= 11 is 0. The summed E-state index contributed by atoms with van der Waals surface area (Å²) in [6.07, 6.45) is 3.50. The Morgan fingerprint density at radius 3 is 2.55 bits per heavy atom. The summed E-state index contributed by atoms with van der Waals surface area (Å²) in [5.41, 5.74) is 12.1. The van der Waals surface area contributed by atoms with Gasteiger partial charge in [0.2, 0.25) is 0 Å². The lowest BCUT2D eigenvalue weighted by atomic mass is 10.1. The Kier molecular flexibility index (Phi) is 4.63. The number of rotatable bonds is 6. The van der Waals surface area contributed by atoms with Gasteiger partial charge in [0.05, 0.1) is 30.1 Å². The Morgan fingerprint density at radius 2 is 1.90 bits per heavy atom. The van der Waals surface area contributed by atoms with Gasteiger partial charge in [0.1, 0.15) is 11.9 Å². The van der Waals surface area contributed by atoms with Crippen molar-refractivity contribution in [2.45, 2.75) is 51.3 Å². The molecule has 1 aliphatic heterocycles. The molecule has 5 rings (SSSR count). The molecule has 0 radical (unpaired) electrons. The number of nitrogens with two attached hydrogens (primary N) is 1. The molecule has 1 atom stereocenters. The monoisotopic (exact) mass is 391 g/mol. The molecule has 152 valence electrons. The van der Waals surface area contributed by atoms with Crippen LogP contribution in [-0.2, 0) is 4.74 Å². The SMILES string of the molecule is CC(C)Nc1ccc(-c2c(N)c3ccc(O[C@@H]4CCOC4)cc3n2C2CC2)cc1. The van der Waals surface area contributed by atoms with Gasteiger partial charge in [-0.2, -0.15) is 0 Å². The van der Waals surface area contributed by atoms with E-state index in [4.69, 9.17) is 15.2 Å². The Labute approximate surface area is 171 Å². The number of nitrogens with zero attached hydrogens (tertiary/aromatic N) is 1. The highest BCUT2D eigenvalue weighted by Gasteiger charge is 2.30. The van der Waals surface area contributed by atoms with Crippen molar-refractivity contribution in [2.24, 2.45) is 0 Å². The molecule has 5 nitrogen and oxygen atoms in total. The van der Waals surface area contributed by atoms with Crippen molar-refractivity contribution in [3.8, 4) is 17.0 Å². The molecular weight excluding hydrogens is 362 g/mol. The van der Waals surface area contributed by atoms with Crippen LogP contribution in [0.25, 0.3) is 22.2 Å². The van der Waals surface area contributed by atoms with Crippen molar-refractivity contribution < 1.29 is 9.47 Å². The summed E-state index contributed by atoms with van der Waals surface area (Å²) in [5.74, 6) is 0.899. The number of aromatic nitrogens is 1. The Balaban J connectivity index is 1.56. The molecule has 2 heterocycles. The Bertz CT molecular complexity index is 1010. The maximum Gasteiger partial charge on any atom is 0.124 e. The van der Waals surface area contributed by atoms with Gasteiger partial charge < -0.3 is 25.1 Å². The van der Waals surface area contributed by atoms with Gasteiger partial charge in [0.25, 0.3) is 0 Å². The van der Waals surface area contributed by atoms with E-state index >= 15 is 0 Å². The van der Waals surface area contributed by atoms with Crippen molar-refractivity contribution in [1.82, 2.24) is 4.57 Å². The standard InChI is InChI=1S/C24H29N3O2/c1-15(2)26-17-5-3-16(4-6-17)24-23(25)21-10-9-19(29-20-11-12-28-14-20)13-22(21)27(24)18-7-8-18/h3-6,9-10,13,15,18,20,26H,7-8,11-12,14,25H2,1-2H3/t20-/m1/s1. The molecule has 2 aromatic carbocycles. The van der Waals surface area contributed by atoms with Gasteiger partial charge >= 0.3 is 0 Å². The van der Waals surface area contributed by atoms with E-state index in [1.54, 1.807) is 0 Å². The number of benzene rings is 2. The second kappa shape index (κ2) is 7.30. The number of fused-ring (bicyclic) bond motifs is 1. The Hall–Kier alpha value is -2.66. The number of ether oxygens (including phenoxy) is 2. The van der Waals surface area contributed by atoms with E-state index in [-0.39, 0.29) is 6.10 Å². The van der Waals surface area contributed by atoms with E-state index in [0.29, 0.717) is 18.7 Å². The summed E-state index contributed by atoms with van der Waals surface area (Å²) in [6, 6.07) is 15.8. The molecule has 0 amide bonds. The zero-order valence-corrected chi connectivity index (χ0v) is 17.2. The maximum absolute atomic E-state index is 6.67. The lowest BCUT2D eigenvalue weighted by molar-refractivity contribution is 0.141. The molecule has 1 aromatic heterocycles. The second-order valence-electron chi connectivity index (χ2n) is 8.52. The molecule has 0 unspecified atom stereocenters. The lowest BCUT2D eigenvalue weighted by Crippen LogP contribution is -2.15. The molecule has 3 N–H and O–H groups in total. The normalized spacial score (nSPS) is 19.2. The molecule has 5 heteroatoms. The number of hydrogen-bond acceptors (Lipinski definition) is 4. The van der Waals surface area contributed by atoms with E-state index in [2.05, 4.69) is 60.1 Å². The summed E-state index contributed by atoms with van der Waals surface area (Å²) in [7, 11) is 0. The van der Waals surface area contributed by atoms with E-state index in [1.165, 1.54) is 18.4 Å². The van der Waals surface area contributed by atoms with Crippen LogP contribution in [-0.4, -0.2) is 29.9 Å². The zero-order valence-electron chi connectivity index (χ0n) is 17.2. The molecule has 1 saturated heterocycles. The van der Waals surface area contributed by atoms with Gasteiger partial charge in [0.15, 0.2) is 0 Å². The van der Waals surface area contributed by atoms with Crippen molar-refractivity contribution in [3.05, 3.63) is 42.5 Å². The minimum absolute atomic E-state index is 0.148. The van der Waals surface area contributed by atoms with Crippen LogP contribution in [0.3, 0.4) is 0 Å². The van der Waals surface area contributed by atoms with Gasteiger partial charge in [-0.05, 0) is 51.0 Å². The van der Waals surface area contributed by atoms with Crippen LogP contribution >= 0.6 is 0 Å². The van der Waals surface area contributed by atoms with Crippen molar-refractivity contribution in [1.29, 1.82) is 0 Å². The van der Waals surface area contributed by atoms with Crippen molar-refractivity contribution in [2.75, 3.05) is 24.3 Å². The first-order valence-electron chi connectivity index (χ1n) is 10.6. The molecule has 29 heavy (non-hydrogen) atoms. The third kappa shape index (κ3) is 3.55. The van der Waals surface area contributed by atoms with Gasteiger partial charge in [-0.15, -0.1) is 0 Å². The minimum Gasteiger partial charge on any atom is -0.488 e. The minimum atomic E-state index is 0.148. The molecular formula is C24H29N3O2. The third-order valence-corrected chi connectivity index (χ3v) is 5.73. The zero-order chi connectivity index (χ0) is 20.0. The molecule has 1 aliphatic carbocycles. The largest absolute Gasteiger partial charge is 0.488 e. The van der Waals surface area contributed by atoms with Crippen LogP contribution < -0.4 is 15.8 Å². The average Bonchev–Trinajstić information content (AvgIpc) is 3.33. The van der Waals surface area contributed by atoms with Crippen LogP contribution in [0.5, 0.6) is 5.75 Å². The fourth-order valence-corrected chi connectivity index (χ4v) is 4.25. The van der Waals surface area contributed by atoms with Crippen LogP contribution in [0, 0.1) is 0 Å². The topological polar surface area (TPSA) is 61.4 Å². The highest BCUT2D eigenvalue weighted by molar-refractivity contribution is 6.01. The fraction of sp³-hybridized carbons (Fsp3) is 0.417. The molecule has 2 fully saturated rings. The average molecular weight is 392 g/mol. The predicted octanol–water partition coefficient (Wildman–Crippen LogP) is 5.21. The van der Waals surface area contributed by atoms with Gasteiger partial charge in [-0.3, -0.25) is 0 Å². The number of anilines is 2. The van der Waals surface area contributed by atoms with E-state index in [1.807, 2.05) is 6.07 Å². The highest BCUT2D eigenvalue weighted by atomic mass is 16.5. The first-order valence-corrected chi connectivity index (χ1v) is 10.6. The summed E-state index contributed by atoms with van der Waals surface area (Å²) in [4.78, 5) is 0. The number of nitrogens with one attached hydrogen (secondary N) is 1. The number of nitrogen functional groups attached to an aromatic ring is 1. The van der Waals surface area contributed by atoms with Gasteiger partial charge in [-0.1, -0.05) is 12.1 Å². The maximum atomic E-state index is 6.67. The number of hydrogen-bond donors (Lipinski definition) is 2. The molecule has 0 bridgehead atoms. The smallest absolute Gasteiger partial charge is 0.124 e. The quantitative estimate of drug-likeness (QED) is 0.605. The van der Waals surface area contributed by atoms with Crippen molar-refractivity contribution >= 4 is 22.3 Å². The summed E-state index contributed by atoms with van der Waals surface area (Å²) in [6.45, 7) is 5.75. The molecule has 1 saturated carbocycles. The molecule has 3 aromatic rings. The van der Waals surface area contributed by atoms with E-state index in [0.717, 1.165) is 46.8 Å². The predicted molar refractivity (Wildman–Crippen MR) is 119 cm³/mol. The van der Waals surface area contributed by atoms with E-state index < -0.39 is 0 Å². The first kappa shape index (κ1) is 18.4. The third-order valence-electron chi connectivity index (χ3n) is 5.73. The summed E-state index contributed by atoms with van der Waals surface area (Å²) < 4.78 is 14.0. The van der Waals surface area contributed by atoms with Gasteiger partial charge in [-0.25, -0.2) is 0 Å². The molecule has 2 aliphatic rings. The lowest BCUT2D eigenvalue weighted by Gasteiger charge is -2.14. The van der Waals surface area contributed by atoms with Crippen LogP contribution in [0.1, 0.15) is 39.2 Å². The Morgan fingerprint density at radius 1 is 1.10 bits per heavy atom. The van der Waals surface area contributed by atoms with Crippen LogP contribution in [0.2, 0.25) is 0 Å². The van der Waals surface area contributed by atoms with E-state index in [9.17, 15) is 0 Å². The first-order chi connectivity index (χ1) is 14.1. The highest BCUT2D eigenvalue weighted by Crippen LogP contribution is 2.46. The van der Waals surface area contributed by atoms with Crippen molar-refractivity contribution in [3.63, 3.8) is 0 Å². The second-order valence-corrected chi connectivity index (χ2v) is 8.52. The van der Waals surface area contributed by atoms with Crippen LogP contribution in [0.15, 0.2) is 42.5 Å². The fourth-order valence-electron chi connectivity index (χ4n) is 4.25.